The molecular weight excluding hydrogens is 127 g/mol. The van der Waals surface area contributed by atoms with Crippen molar-refractivity contribution < 1.29 is 3.79 Å². The van der Waals surface area contributed by atoms with Crippen molar-refractivity contribution in [2.24, 2.45) is 5.92 Å². The Morgan fingerprint density at radius 2 is 2.11 bits per heavy atom. The maximum Gasteiger partial charge on any atom is 0.369 e. The lowest BCUT2D eigenvalue weighted by Gasteiger charge is -2.08. The highest BCUT2D eigenvalue weighted by atomic mass is 27.1. The van der Waals surface area contributed by atoms with E-state index in [1.807, 2.05) is 0 Å². The van der Waals surface area contributed by atoms with Crippen molar-refractivity contribution >= 4 is 16.6 Å². The molecule has 0 aromatic heterocycles. The van der Waals surface area contributed by atoms with Crippen LogP contribution in [0.15, 0.2) is 0 Å². The van der Waals surface area contributed by atoms with E-state index in [1.54, 1.807) is 0 Å². The van der Waals surface area contributed by atoms with Crippen LogP contribution in [-0.2, 0) is 3.79 Å². The van der Waals surface area contributed by atoms with E-state index in [0.29, 0.717) is 0 Å². The van der Waals surface area contributed by atoms with Crippen LogP contribution in [0.3, 0.4) is 0 Å². The average Bonchev–Trinajstić information content (AvgIpc) is 1.85. The molecule has 0 rings (SSSR count). The Morgan fingerprint density at radius 3 is 2.56 bits per heavy atom. The number of rotatable bonds is 5. The highest BCUT2D eigenvalue weighted by Crippen LogP contribution is 2.08. The molecule has 0 spiro atoms. The van der Waals surface area contributed by atoms with Crippen molar-refractivity contribution in [1.29, 1.82) is 0 Å². The van der Waals surface area contributed by atoms with Gasteiger partial charge in [0.2, 0.25) is 0 Å². The minimum absolute atomic E-state index is 0.829. The molecule has 0 aromatic rings. The van der Waals surface area contributed by atoms with Crippen LogP contribution in [0.1, 0.15) is 33.1 Å². The molecule has 52 valence electrons. The van der Waals surface area contributed by atoms with Gasteiger partial charge in [-0.1, -0.05) is 26.7 Å². The van der Waals surface area contributed by atoms with Crippen molar-refractivity contribution in [3.05, 3.63) is 0 Å². The summed E-state index contributed by atoms with van der Waals surface area (Å²) in [6.07, 6.45) is 3.81. The summed E-state index contributed by atoms with van der Waals surface area (Å²) in [5.41, 5.74) is 0. The van der Waals surface area contributed by atoms with E-state index >= 15 is 0 Å². The molecule has 0 N–H and O–H groups in total. The topological polar surface area (TPSA) is 9.23 Å². The van der Waals surface area contributed by atoms with E-state index in [-0.39, 0.29) is 0 Å². The maximum atomic E-state index is 4.88. The summed E-state index contributed by atoms with van der Waals surface area (Å²) >= 11 is 2.28. The Bertz CT molecular complexity index is 56.9. The Labute approximate surface area is 66.5 Å². The van der Waals surface area contributed by atoms with E-state index in [1.165, 1.54) is 19.3 Å². The van der Waals surface area contributed by atoms with Gasteiger partial charge in [0.05, 0.1) is 0 Å². The summed E-state index contributed by atoms with van der Waals surface area (Å²) in [7, 11) is 0. The lowest BCUT2D eigenvalue weighted by atomic mass is 10.0. The molecule has 2 heteroatoms. The van der Waals surface area contributed by atoms with Gasteiger partial charge in [0.25, 0.3) is 0 Å². The first-order valence-electron chi connectivity index (χ1n) is 3.63. The van der Waals surface area contributed by atoms with Crippen LogP contribution in [-0.4, -0.2) is 23.2 Å². The normalized spacial score (nSPS) is 13.6. The van der Waals surface area contributed by atoms with Crippen LogP contribution in [0, 0.1) is 5.92 Å². The molecule has 0 amide bonds. The van der Waals surface area contributed by atoms with Crippen LogP contribution in [0.5, 0.6) is 0 Å². The van der Waals surface area contributed by atoms with Crippen LogP contribution >= 0.6 is 0 Å². The third-order valence-corrected chi connectivity index (χ3v) is 1.75. The SMILES string of the molecule is CCCC(C)CC[O][Al]. The zero-order valence-corrected chi connectivity index (χ0v) is 7.55. The summed E-state index contributed by atoms with van der Waals surface area (Å²) < 4.78 is 4.88. The van der Waals surface area contributed by atoms with Gasteiger partial charge in [-0.2, -0.15) is 0 Å². The fraction of sp³-hybridized carbons (Fsp3) is 1.00. The maximum absolute atomic E-state index is 4.88. The van der Waals surface area contributed by atoms with E-state index in [4.69, 9.17) is 3.79 Å². The van der Waals surface area contributed by atoms with Crippen molar-refractivity contribution in [1.82, 2.24) is 0 Å². The van der Waals surface area contributed by atoms with Gasteiger partial charge in [0.1, 0.15) is 0 Å². The summed E-state index contributed by atoms with van der Waals surface area (Å²) in [4.78, 5) is 0. The Morgan fingerprint density at radius 1 is 1.44 bits per heavy atom. The minimum atomic E-state index is 0.829. The van der Waals surface area contributed by atoms with E-state index in [2.05, 4.69) is 30.5 Å². The largest absolute Gasteiger partial charge is 0.516 e. The van der Waals surface area contributed by atoms with Gasteiger partial charge in [-0.05, 0) is 12.3 Å². The molecule has 1 nitrogen and oxygen atoms in total. The first kappa shape index (κ1) is 9.49. The Kier molecular flexibility index (Phi) is 6.97. The molecule has 0 saturated heterocycles. The monoisotopic (exact) mass is 142 g/mol. The second kappa shape index (κ2) is 6.61. The Balaban J connectivity index is 2.95. The van der Waals surface area contributed by atoms with Crippen LogP contribution in [0.25, 0.3) is 0 Å². The first-order chi connectivity index (χ1) is 4.31. The molecular formula is C7H15AlO. The van der Waals surface area contributed by atoms with E-state index in [9.17, 15) is 0 Å². The fourth-order valence-corrected chi connectivity index (χ4v) is 1.04. The molecule has 0 aliphatic heterocycles. The smallest absolute Gasteiger partial charge is 0.369 e. The second-order valence-corrected chi connectivity index (χ2v) is 2.89. The summed E-state index contributed by atoms with van der Waals surface area (Å²) in [5.74, 6) is 0.829. The van der Waals surface area contributed by atoms with Gasteiger partial charge in [-0.15, -0.1) is 0 Å². The van der Waals surface area contributed by atoms with E-state index < -0.39 is 0 Å². The molecule has 1 unspecified atom stereocenters. The first-order valence-corrected chi connectivity index (χ1v) is 4.10. The Hall–Kier alpha value is 0.492. The van der Waals surface area contributed by atoms with Gasteiger partial charge < -0.3 is 3.79 Å². The zero-order chi connectivity index (χ0) is 7.11. The summed E-state index contributed by atoms with van der Waals surface area (Å²) in [6, 6.07) is 0. The predicted octanol–water partition coefficient (Wildman–Crippen LogP) is 1.91. The zero-order valence-electron chi connectivity index (χ0n) is 6.39. The number of hydrogen-bond donors (Lipinski definition) is 0. The lowest BCUT2D eigenvalue weighted by molar-refractivity contribution is 0.301. The van der Waals surface area contributed by atoms with Crippen molar-refractivity contribution in [3.8, 4) is 0 Å². The molecule has 9 heavy (non-hydrogen) atoms. The third kappa shape index (κ3) is 6.38. The van der Waals surface area contributed by atoms with Crippen molar-refractivity contribution in [2.75, 3.05) is 6.61 Å². The highest BCUT2D eigenvalue weighted by Gasteiger charge is 1.97. The summed E-state index contributed by atoms with van der Waals surface area (Å²) in [6.45, 7) is 5.37. The molecule has 0 fully saturated rings. The minimum Gasteiger partial charge on any atom is -0.516 e. The summed E-state index contributed by atoms with van der Waals surface area (Å²) in [5, 5.41) is 0. The molecule has 0 aromatic carbocycles. The van der Waals surface area contributed by atoms with Crippen LogP contribution < -0.4 is 0 Å². The molecule has 2 radical (unpaired) electrons. The van der Waals surface area contributed by atoms with Crippen LogP contribution in [0.2, 0.25) is 0 Å². The van der Waals surface area contributed by atoms with Gasteiger partial charge in [-0.25, -0.2) is 0 Å². The third-order valence-electron chi connectivity index (χ3n) is 1.51. The standard InChI is InChI=1S/C7H15O.Al/c1-3-4-7(2)5-6-8;/h7H,3-6H2,1-2H3;/q-1;+1. The quantitative estimate of drug-likeness (QED) is 0.533. The predicted molar refractivity (Wildman–Crippen MR) is 40.4 cm³/mol. The molecule has 0 heterocycles. The molecule has 0 saturated carbocycles. The molecule has 0 aliphatic carbocycles. The average molecular weight is 142 g/mol. The molecule has 0 aliphatic rings. The fourth-order valence-electron chi connectivity index (χ4n) is 0.906. The van der Waals surface area contributed by atoms with Gasteiger partial charge in [-0.3, -0.25) is 0 Å². The van der Waals surface area contributed by atoms with Crippen LogP contribution in [0.4, 0.5) is 0 Å². The van der Waals surface area contributed by atoms with Gasteiger partial charge >= 0.3 is 16.6 Å². The highest BCUT2D eigenvalue weighted by molar-refractivity contribution is 5.97. The second-order valence-electron chi connectivity index (χ2n) is 2.55. The van der Waals surface area contributed by atoms with Gasteiger partial charge in [0, 0.05) is 6.61 Å². The lowest BCUT2D eigenvalue weighted by Crippen LogP contribution is -1.99. The van der Waals surface area contributed by atoms with Crippen molar-refractivity contribution in [3.63, 3.8) is 0 Å². The number of hydrogen-bond acceptors (Lipinski definition) is 1. The molecule has 1 atom stereocenters. The van der Waals surface area contributed by atoms with Gasteiger partial charge in [0.15, 0.2) is 0 Å². The van der Waals surface area contributed by atoms with E-state index in [0.717, 1.165) is 12.5 Å². The molecule has 0 bridgehead atoms. The van der Waals surface area contributed by atoms with Crippen molar-refractivity contribution in [2.45, 2.75) is 33.1 Å².